The fourth-order valence-corrected chi connectivity index (χ4v) is 2.26. The summed E-state index contributed by atoms with van der Waals surface area (Å²) in [6.45, 7) is 0.518. The molecule has 0 aromatic rings. The van der Waals surface area contributed by atoms with Gasteiger partial charge in [-0.05, 0) is 31.6 Å². The van der Waals surface area contributed by atoms with Crippen LogP contribution in [-0.4, -0.2) is 30.4 Å². The maximum atomic E-state index is 11.3. The van der Waals surface area contributed by atoms with Crippen molar-refractivity contribution in [3.05, 3.63) is 0 Å². The van der Waals surface area contributed by atoms with Gasteiger partial charge in [0.1, 0.15) is 0 Å². The molecule has 1 fully saturated rings. The van der Waals surface area contributed by atoms with Crippen LogP contribution in [0.15, 0.2) is 0 Å². The number of carbonyl (C=O) groups excluding carboxylic acids is 1. The van der Waals surface area contributed by atoms with E-state index >= 15 is 0 Å². The van der Waals surface area contributed by atoms with Gasteiger partial charge < -0.3 is 10.6 Å². The number of carbonyl (C=O) groups is 1. The molecule has 3 nitrogen and oxygen atoms in total. The van der Waals surface area contributed by atoms with Crippen LogP contribution in [-0.2, 0) is 0 Å². The molecule has 2 N–H and O–H groups in total. The number of halogens is 2. The van der Waals surface area contributed by atoms with Crippen molar-refractivity contribution in [2.24, 2.45) is 5.92 Å². The summed E-state index contributed by atoms with van der Waals surface area (Å²) in [6.07, 6.45) is 4.30. The molecule has 2 amide bonds. The molecule has 0 radical (unpaired) electrons. The maximum absolute atomic E-state index is 11.3. The third kappa shape index (κ3) is 4.94. The lowest BCUT2D eigenvalue weighted by Crippen LogP contribution is -2.44. The van der Waals surface area contributed by atoms with Gasteiger partial charge >= 0.3 is 6.03 Å². The third-order valence-electron chi connectivity index (χ3n) is 2.78. The normalized spacial score (nSPS) is 26.0. The first-order chi connectivity index (χ1) is 7.26. The Morgan fingerprint density at radius 1 is 1.20 bits per heavy atom. The van der Waals surface area contributed by atoms with Crippen LogP contribution >= 0.6 is 23.2 Å². The lowest BCUT2D eigenvalue weighted by atomic mass is 9.87. The number of amides is 2. The minimum absolute atomic E-state index is 0.107. The van der Waals surface area contributed by atoms with E-state index in [1.165, 1.54) is 0 Å². The molecule has 0 atom stereocenters. The average Bonchev–Trinajstić information content (AvgIpc) is 2.27. The van der Waals surface area contributed by atoms with Crippen molar-refractivity contribution in [2.45, 2.75) is 31.7 Å². The Hall–Kier alpha value is -0.150. The summed E-state index contributed by atoms with van der Waals surface area (Å²) in [4.78, 5) is 11.3. The van der Waals surface area contributed by atoms with E-state index in [9.17, 15) is 4.79 Å². The van der Waals surface area contributed by atoms with Gasteiger partial charge in [0.05, 0.1) is 0 Å². The number of hydrogen-bond donors (Lipinski definition) is 2. The SMILES string of the molecule is O=C(NCCCl)NC1CCC(CCl)CC1. The Morgan fingerprint density at radius 2 is 1.87 bits per heavy atom. The van der Waals surface area contributed by atoms with E-state index in [1.54, 1.807) is 0 Å². The Balaban J connectivity index is 2.15. The molecular formula is C10H18Cl2N2O. The number of hydrogen-bond acceptors (Lipinski definition) is 1. The van der Waals surface area contributed by atoms with Gasteiger partial charge in [-0.3, -0.25) is 0 Å². The van der Waals surface area contributed by atoms with Crippen LogP contribution in [0.5, 0.6) is 0 Å². The highest BCUT2D eigenvalue weighted by Gasteiger charge is 2.21. The number of nitrogens with one attached hydrogen (secondary N) is 2. The smallest absolute Gasteiger partial charge is 0.315 e. The van der Waals surface area contributed by atoms with Gasteiger partial charge in [0, 0.05) is 24.3 Å². The molecule has 88 valence electrons. The summed E-state index contributed by atoms with van der Waals surface area (Å²) < 4.78 is 0. The Kier molecular flexibility index (Phi) is 6.18. The second kappa shape index (κ2) is 7.18. The molecule has 0 unspecified atom stereocenters. The second-order valence-electron chi connectivity index (χ2n) is 3.96. The van der Waals surface area contributed by atoms with Crippen molar-refractivity contribution < 1.29 is 4.79 Å². The zero-order valence-electron chi connectivity index (χ0n) is 8.77. The summed E-state index contributed by atoms with van der Waals surface area (Å²) in [5.41, 5.74) is 0. The van der Waals surface area contributed by atoms with Gasteiger partial charge in [-0.1, -0.05) is 0 Å². The first-order valence-electron chi connectivity index (χ1n) is 5.42. The van der Waals surface area contributed by atoms with Crippen LogP contribution in [0, 0.1) is 5.92 Å². The van der Waals surface area contributed by atoms with Crippen molar-refractivity contribution in [2.75, 3.05) is 18.3 Å². The molecule has 0 aliphatic heterocycles. The highest BCUT2D eigenvalue weighted by atomic mass is 35.5. The van der Waals surface area contributed by atoms with E-state index in [0.717, 1.165) is 31.6 Å². The lowest BCUT2D eigenvalue weighted by Gasteiger charge is -2.27. The molecule has 1 aliphatic rings. The van der Waals surface area contributed by atoms with Crippen LogP contribution in [0.1, 0.15) is 25.7 Å². The number of rotatable bonds is 4. The molecule has 15 heavy (non-hydrogen) atoms. The summed E-state index contributed by atoms with van der Waals surface area (Å²) >= 11 is 11.3. The van der Waals surface area contributed by atoms with Crippen LogP contribution in [0.25, 0.3) is 0 Å². The van der Waals surface area contributed by atoms with Crippen molar-refractivity contribution in [1.29, 1.82) is 0 Å². The predicted molar refractivity (Wildman–Crippen MR) is 63.7 cm³/mol. The van der Waals surface area contributed by atoms with E-state index in [-0.39, 0.29) is 6.03 Å². The Bertz CT molecular complexity index is 194. The molecular weight excluding hydrogens is 235 g/mol. The van der Waals surface area contributed by atoms with Gasteiger partial charge in [-0.25, -0.2) is 4.79 Å². The van der Waals surface area contributed by atoms with Crippen molar-refractivity contribution in [3.63, 3.8) is 0 Å². The number of urea groups is 1. The Morgan fingerprint density at radius 3 is 2.40 bits per heavy atom. The molecule has 1 rings (SSSR count). The van der Waals surface area contributed by atoms with Crippen LogP contribution < -0.4 is 10.6 Å². The van der Waals surface area contributed by atoms with Gasteiger partial charge in [0.15, 0.2) is 0 Å². The van der Waals surface area contributed by atoms with E-state index in [1.807, 2.05) is 0 Å². The molecule has 0 saturated heterocycles. The van der Waals surface area contributed by atoms with Crippen molar-refractivity contribution in [3.8, 4) is 0 Å². The molecule has 1 aliphatic carbocycles. The summed E-state index contributed by atoms with van der Waals surface area (Å²) in [5, 5.41) is 5.64. The first-order valence-corrected chi connectivity index (χ1v) is 6.49. The largest absolute Gasteiger partial charge is 0.337 e. The van der Waals surface area contributed by atoms with Gasteiger partial charge in [-0.2, -0.15) is 0 Å². The van der Waals surface area contributed by atoms with Crippen LogP contribution in [0.2, 0.25) is 0 Å². The predicted octanol–water partition coefficient (Wildman–Crippen LogP) is 2.32. The molecule has 0 aromatic carbocycles. The van der Waals surface area contributed by atoms with Gasteiger partial charge in [0.2, 0.25) is 0 Å². The summed E-state index contributed by atoms with van der Waals surface area (Å²) in [7, 11) is 0. The van der Waals surface area contributed by atoms with E-state index in [2.05, 4.69) is 10.6 Å². The zero-order chi connectivity index (χ0) is 11.1. The fraction of sp³-hybridized carbons (Fsp3) is 0.900. The van der Waals surface area contributed by atoms with Gasteiger partial charge in [-0.15, -0.1) is 23.2 Å². The Labute approximate surface area is 101 Å². The highest BCUT2D eigenvalue weighted by Crippen LogP contribution is 2.24. The van der Waals surface area contributed by atoms with E-state index in [0.29, 0.717) is 24.4 Å². The summed E-state index contributed by atoms with van der Waals surface area (Å²) in [6, 6.07) is 0.199. The molecule has 0 spiro atoms. The van der Waals surface area contributed by atoms with Crippen molar-refractivity contribution in [1.82, 2.24) is 10.6 Å². The standard InChI is InChI=1S/C10H18Cl2N2O/c11-5-6-13-10(15)14-9-3-1-8(7-12)2-4-9/h8-9H,1-7H2,(H2,13,14,15). The molecule has 1 saturated carbocycles. The van der Waals surface area contributed by atoms with Gasteiger partial charge in [0.25, 0.3) is 0 Å². The minimum atomic E-state index is -0.107. The summed E-state index contributed by atoms with van der Waals surface area (Å²) in [5.74, 6) is 1.83. The lowest BCUT2D eigenvalue weighted by molar-refractivity contribution is 0.229. The first kappa shape index (κ1) is 12.9. The fourth-order valence-electron chi connectivity index (χ4n) is 1.86. The number of alkyl halides is 2. The molecule has 5 heteroatoms. The average molecular weight is 253 g/mol. The van der Waals surface area contributed by atoms with Crippen molar-refractivity contribution >= 4 is 29.2 Å². The van der Waals surface area contributed by atoms with E-state index in [4.69, 9.17) is 23.2 Å². The molecule has 0 heterocycles. The monoisotopic (exact) mass is 252 g/mol. The third-order valence-corrected chi connectivity index (χ3v) is 3.41. The minimum Gasteiger partial charge on any atom is -0.337 e. The quantitative estimate of drug-likeness (QED) is 0.742. The highest BCUT2D eigenvalue weighted by molar-refractivity contribution is 6.18. The zero-order valence-corrected chi connectivity index (χ0v) is 10.3. The van der Waals surface area contributed by atoms with Crippen LogP contribution in [0.4, 0.5) is 4.79 Å². The van der Waals surface area contributed by atoms with E-state index < -0.39 is 0 Å². The maximum Gasteiger partial charge on any atom is 0.315 e. The molecule has 0 aromatic heterocycles. The molecule has 0 bridgehead atoms. The topological polar surface area (TPSA) is 41.1 Å². The van der Waals surface area contributed by atoms with Crippen LogP contribution in [0.3, 0.4) is 0 Å². The second-order valence-corrected chi connectivity index (χ2v) is 4.65.